The van der Waals surface area contributed by atoms with Gasteiger partial charge in [0.1, 0.15) is 11.8 Å². The third kappa shape index (κ3) is 4.19. The van der Waals surface area contributed by atoms with Gasteiger partial charge in [-0.1, -0.05) is 47.6 Å². The molecule has 4 aromatic rings. The Morgan fingerprint density at radius 1 is 0.935 bits per heavy atom. The lowest BCUT2D eigenvalue weighted by Crippen LogP contribution is -2.29. The molecule has 0 saturated carbocycles. The van der Waals surface area contributed by atoms with Crippen LogP contribution < -0.4 is 10.2 Å². The summed E-state index contributed by atoms with van der Waals surface area (Å²) in [5, 5.41) is 5.62. The molecule has 1 N–H and O–H groups in total. The molecule has 0 spiro atoms. The minimum Gasteiger partial charge on any atom is -0.452 e. The van der Waals surface area contributed by atoms with Crippen LogP contribution in [0.2, 0.25) is 5.02 Å². The lowest BCUT2D eigenvalue weighted by atomic mass is 10.0. The van der Waals surface area contributed by atoms with E-state index >= 15 is 0 Å². The van der Waals surface area contributed by atoms with Crippen molar-refractivity contribution in [2.45, 2.75) is 22.1 Å². The third-order valence-corrected chi connectivity index (χ3v) is 6.55. The van der Waals surface area contributed by atoms with Crippen LogP contribution in [0.3, 0.4) is 0 Å². The van der Waals surface area contributed by atoms with E-state index in [1.165, 1.54) is 0 Å². The molecule has 1 aliphatic rings. The highest BCUT2D eigenvalue weighted by molar-refractivity contribution is 7.99. The van der Waals surface area contributed by atoms with Crippen molar-refractivity contribution in [3.8, 4) is 0 Å². The topological polar surface area (TPSA) is 41.3 Å². The van der Waals surface area contributed by atoms with E-state index in [9.17, 15) is 0 Å². The number of rotatable bonds is 5. The number of furan rings is 1. The molecular formula is C24H18ClN3OS2. The molecule has 2 atom stereocenters. The zero-order chi connectivity index (χ0) is 21.2. The van der Waals surface area contributed by atoms with E-state index in [-0.39, 0.29) is 12.1 Å². The van der Waals surface area contributed by atoms with Gasteiger partial charge in [-0.25, -0.2) is 0 Å². The number of para-hydroxylation sites is 1. The minimum atomic E-state index is -0.163. The average molecular weight is 464 g/mol. The van der Waals surface area contributed by atoms with Crippen molar-refractivity contribution < 1.29 is 4.42 Å². The Labute approximate surface area is 195 Å². The normalized spacial score (nSPS) is 18.2. The maximum absolute atomic E-state index is 6.31. The highest BCUT2D eigenvalue weighted by Gasteiger charge is 2.42. The van der Waals surface area contributed by atoms with Gasteiger partial charge in [0.05, 0.1) is 11.7 Å². The van der Waals surface area contributed by atoms with Crippen molar-refractivity contribution >= 4 is 46.4 Å². The molecule has 0 aliphatic carbocycles. The van der Waals surface area contributed by atoms with Crippen molar-refractivity contribution in [1.29, 1.82) is 0 Å². The number of nitrogens with zero attached hydrogens (tertiary/aromatic N) is 2. The lowest BCUT2D eigenvalue weighted by Gasteiger charge is -2.26. The van der Waals surface area contributed by atoms with Crippen molar-refractivity contribution in [2.24, 2.45) is 0 Å². The predicted octanol–water partition coefficient (Wildman–Crippen LogP) is 6.66. The van der Waals surface area contributed by atoms with Crippen molar-refractivity contribution in [3.63, 3.8) is 0 Å². The maximum Gasteiger partial charge on any atom is 0.174 e. The quantitative estimate of drug-likeness (QED) is 0.334. The Balaban J connectivity index is 1.51. The number of hydrogen-bond donors (Lipinski definition) is 1. The van der Waals surface area contributed by atoms with Crippen molar-refractivity contribution in [3.05, 3.63) is 108 Å². The van der Waals surface area contributed by atoms with E-state index in [4.69, 9.17) is 28.2 Å². The van der Waals surface area contributed by atoms with Crippen LogP contribution >= 0.6 is 35.6 Å². The van der Waals surface area contributed by atoms with Gasteiger partial charge in [0.15, 0.2) is 10.2 Å². The smallest absolute Gasteiger partial charge is 0.174 e. The molecule has 0 unspecified atom stereocenters. The first kappa shape index (κ1) is 20.1. The molecule has 4 nitrogen and oxygen atoms in total. The van der Waals surface area contributed by atoms with Crippen LogP contribution in [0.25, 0.3) is 0 Å². The molecule has 0 radical (unpaired) electrons. The second-order valence-corrected chi connectivity index (χ2v) is 8.95. The van der Waals surface area contributed by atoms with Gasteiger partial charge >= 0.3 is 0 Å². The highest BCUT2D eigenvalue weighted by atomic mass is 35.5. The van der Waals surface area contributed by atoms with Crippen LogP contribution in [-0.2, 0) is 0 Å². The second-order valence-electron chi connectivity index (χ2n) is 7.04. The summed E-state index contributed by atoms with van der Waals surface area (Å²) in [7, 11) is 0. The summed E-state index contributed by atoms with van der Waals surface area (Å²) in [5.74, 6) is 0.823. The summed E-state index contributed by atoms with van der Waals surface area (Å²) < 4.78 is 6.31. The molecule has 5 rings (SSSR count). The first-order chi connectivity index (χ1) is 15.2. The molecule has 0 amide bonds. The highest BCUT2D eigenvalue weighted by Crippen LogP contribution is 2.43. The third-order valence-electron chi connectivity index (χ3n) is 5.06. The Kier molecular flexibility index (Phi) is 5.68. The van der Waals surface area contributed by atoms with Gasteiger partial charge in [0.2, 0.25) is 0 Å². The van der Waals surface area contributed by atoms with E-state index in [0.29, 0.717) is 10.1 Å². The van der Waals surface area contributed by atoms with Gasteiger partial charge in [0.25, 0.3) is 0 Å². The van der Waals surface area contributed by atoms with E-state index in [1.807, 2.05) is 84.9 Å². The number of anilines is 1. The van der Waals surface area contributed by atoms with Crippen LogP contribution in [0.4, 0.5) is 5.69 Å². The van der Waals surface area contributed by atoms with Crippen LogP contribution in [0.15, 0.2) is 106 Å². The lowest BCUT2D eigenvalue weighted by molar-refractivity contribution is 0.383. The van der Waals surface area contributed by atoms with Gasteiger partial charge in [-0.05, 0) is 72.9 Å². The van der Waals surface area contributed by atoms with E-state index in [0.717, 1.165) is 27.1 Å². The van der Waals surface area contributed by atoms with E-state index in [1.54, 1.807) is 18.0 Å². The van der Waals surface area contributed by atoms with Gasteiger partial charge in [0, 0.05) is 21.8 Å². The first-order valence-corrected chi connectivity index (χ1v) is 11.4. The Bertz CT molecular complexity index is 1180. The van der Waals surface area contributed by atoms with Crippen molar-refractivity contribution in [1.82, 2.24) is 10.3 Å². The van der Waals surface area contributed by atoms with Crippen LogP contribution in [0.5, 0.6) is 0 Å². The molecule has 0 bridgehead atoms. The standard InChI is InChI=1S/C24H18ClN3OS2/c25-16-9-11-18(12-10-16)31-21-14-13-20(29-21)23-22(19-8-4-5-15-26-19)27-24(30)28(23)17-6-2-1-3-7-17/h1-15,22-23H,(H,27,30)/t22-,23-/m1/s1. The van der Waals surface area contributed by atoms with Gasteiger partial charge < -0.3 is 14.6 Å². The zero-order valence-corrected chi connectivity index (χ0v) is 18.7. The second kappa shape index (κ2) is 8.75. The Hall–Kier alpha value is -2.80. The molecule has 1 aliphatic heterocycles. The average Bonchev–Trinajstić information content (AvgIpc) is 3.40. The SMILES string of the molecule is S=C1N[C@H](c2ccccn2)[C@@H](c2ccc(Sc3ccc(Cl)cc3)o2)N1c1ccccc1. The summed E-state index contributed by atoms with van der Waals surface area (Å²) in [6, 6.07) is 27.4. The number of pyridine rings is 1. The van der Waals surface area contributed by atoms with Gasteiger partial charge in [-0.2, -0.15) is 0 Å². The largest absolute Gasteiger partial charge is 0.452 e. The summed E-state index contributed by atoms with van der Waals surface area (Å²) in [6.07, 6.45) is 1.80. The van der Waals surface area contributed by atoms with Gasteiger partial charge in [-0.3, -0.25) is 4.98 Å². The van der Waals surface area contributed by atoms with Crippen LogP contribution in [0, 0.1) is 0 Å². The Morgan fingerprint density at radius 2 is 1.71 bits per heavy atom. The number of aromatic nitrogens is 1. The van der Waals surface area contributed by atoms with Crippen LogP contribution in [0.1, 0.15) is 23.5 Å². The van der Waals surface area contributed by atoms with E-state index in [2.05, 4.69) is 15.2 Å². The molecule has 3 heterocycles. The number of thiocarbonyl (C=S) groups is 1. The van der Waals surface area contributed by atoms with Crippen molar-refractivity contribution in [2.75, 3.05) is 4.90 Å². The maximum atomic E-state index is 6.31. The molecule has 2 aromatic carbocycles. The molecule has 1 fully saturated rings. The Morgan fingerprint density at radius 3 is 2.45 bits per heavy atom. The first-order valence-electron chi connectivity index (χ1n) is 9.78. The summed E-state index contributed by atoms with van der Waals surface area (Å²) in [4.78, 5) is 7.74. The zero-order valence-electron chi connectivity index (χ0n) is 16.3. The summed E-state index contributed by atoms with van der Waals surface area (Å²) >= 11 is 13.3. The predicted molar refractivity (Wildman–Crippen MR) is 129 cm³/mol. The number of hydrogen-bond acceptors (Lipinski definition) is 4. The monoisotopic (exact) mass is 463 g/mol. The fraction of sp³-hybridized carbons (Fsp3) is 0.0833. The molecule has 1 saturated heterocycles. The summed E-state index contributed by atoms with van der Waals surface area (Å²) in [5.41, 5.74) is 1.92. The molecule has 31 heavy (non-hydrogen) atoms. The fourth-order valence-electron chi connectivity index (χ4n) is 3.68. The van der Waals surface area contributed by atoms with E-state index < -0.39 is 0 Å². The fourth-order valence-corrected chi connectivity index (χ4v) is 4.93. The van der Waals surface area contributed by atoms with Crippen LogP contribution in [-0.4, -0.2) is 10.1 Å². The molecule has 2 aromatic heterocycles. The van der Waals surface area contributed by atoms with Gasteiger partial charge in [-0.15, -0.1) is 0 Å². The molecule has 154 valence electrons. The molecule has 7 heteroatoms. The number of halogens is 1. The summed E-state index contributed by atoms with van der Waals surface area (Å²) in [6.45, 7) is 0. The number of nitrogens with one attached hydrogen (secondary N) is 1. The minimum absolute atomic E-state index is 0.131. The number of benzene rings is 2. The molecular weight excluding hydrogens is 446 g/mol.